The van der Waals surface area contributed by atoms with E-state index in [1.165, 1.54) is 13.8 Å². The van der Waals surface area contributed by atoms with Gasteiger partial charge in [0.15, 0.2) is 6.04 Å². The summed E-state index contributed by atoms with van der Waals surface area (Å²) in [6.07, 6.45) is -0.0749. The van der Waals surface area contributed by atoms with E-state index < -0.39 is 54.0 Å². The molecule has 7 unspecified atom stereocenters. The number of hydrogen-bond acceptors (Lipinski definition) is 6. The topological polar surface area (TPSA) is 171 Å². The molecule has 0 bridgehead atoms. The van der Waals surface area contributed by atoms with Crippen LogP contribution in [0.15, 0.2) is 0 Å². The molecule has 0 aliphatic heterocycles. The van der Waals surface area contributed by atoms with Gasteiger partial charge in [-0.05, 0) is 25.7 Å². The largest absolute Gasteiger partial charge is 0.480 e. The van der Waals surface area contributed by atoms with E-state index in [2.05, 4.69) is 16.0 Å². The van der Waals surface area contributed by atoms with Gasteiger partial charge in [0.2, 0.25) is 17.7 Å². The second-order valence-corrected chi connectivity index (χ2v) is 7.58. The van der Waals surface area contributed by atoms with E-state index in [1.54, 1.807) is 6.92 Å². The van der Waals surface area contributed by atoms with Crippen LogP contribution in [0.5, 0.6) is 0 Å². The zero-order valence-electron chi connectivity index (χ0n) is 18.1. The molecule has 0 spiro atoms. The van der Waals surface area contributed by atoms with Gasteiger partial charge in [-0.1, -0.05) is 40.5 Å². The molecule has 0 aliphatic carbocycles. The van der Waals surface area contributed by atoms with Crippen molar-refractivity contribution in [1.82, 2.24) is 16.0 Å². The van der Waals surface area contributed by atoms with Crippen molar-refractivity contribution in [2.24, 2.45) is 17.6 Å². The molecule has 168 valence electrons. The van der Waals surface area contributed by atoms with Crippen LogP contribution in [0.2, 0.25) is 0 Å². The first kappa shape index (κ1) is 26.8. The van der Waals surface area contributed by atoms with Gasteiger partial charge >= 0.3 is 5.97 Å². The van der Waals surface area contributed by atoms with E-state index in [-0.39, 0.29) is 11.8 Å². The summed E-state index contributed by atoms with van der Waals surface area (Å²) in [7, 11) is 0. The Labute approximate surface area is 172 Å². The molecule has 0 fully saturated rings. The molecule has 7 atom stereocenters. The molecule has 0 saturated heterocycles. The molecule has 0 aromatic rings. The van der Waals surface area contributed by atoms with Gasteiger partial charge in [0, 0.05) is 0 Å². The summed E-state index contributed by atoms with van der Waals surface area (Å²) < 4.78 is 0. The van der Waals surface area contributed by atoms with Gasteiger partial charge in [0.05, 0.1) is 12.1 Å². The normalized spacial score (nSPS) is 18.3. The lowest BCUT2D eigenvalue weighted by atomic mass is 9.97. The predicted molar refractivity (Wildman–Crippen MR) is 108 cm³/mol. The molecular formula is C19H36N4O6. The van der Waals surface area contributed by atoms with Crippen molar-refractivity contribution >= 4 is 23.7 Å². The molecule has 0 aliphatic rings. The molecule has 0 heterocycles. The van der Waals surface area contributed by atoms with E-state index in [9.17, 15) is 24.3 Å². The van der Waals surface area contributed by atoms with Crippen molar-refractivity contribution < 1.29 is 29.4 Å². The van der Waals surface area contributed by atoms with Crippen LogP contribution in [0, 0.1) is 11.8 Å². The molecule has 0 radical (unpaired) electrons. The molecular weight excluding hydrogens is 380 g/mol. The maximum Gasteiger partial charge on any atom is 0.328 e. The lowest BCUT2D eigenvalue weighted by Crippen LogP contribution is -2.59. The lowest BCUT2D eigenvalue weighted by molar-refractivity contribution is -0.145. The monoisotopic (exact) mass is 416 g/mol. The van der Waals surface area contributed by atoms with Crippen LogP contribution in [-0.4, -0.2) is 64.2 Å². The number of carboxylic acids is 1. The maximum atomic E-state index is 12.6. The summed E-state index contributed by atoms with van der Waals surface area (Å²) in [6, 6.07) is -4.23. The summed E-state index contributed by atoms with van der Waals surface area (Å²) >= 11 is 0. The number of aliphatic hydroxyl groups is 1. The van der Waals surface area contributed by atoms with Gasteiger partial charge in [-0.3, -0.25) is 14.4 Å². The number of rotatable bonds is 12. The first-order chi connectivity index (χ1) is 13.4. The molecule has 7 N–H and O–H groups in total. The summed E-state index contributed by atoms with van der Waals surface area (Å²) in [5.41, 5.74) is 5.86. The van der Waals surface area contributed by atoms with E-state index in [1.807, 2.05) is 20.8 Å². The smallest absolute Gasteiger partial charge is 0.328 e. The zero-order valence-corrected chi connectivity index (χ0v) is 18.1. The average Bonchev–Trinajstić information content (AvgIpc) is 2.66. The van der Waals surface area contributed by atoms with Crippen molar-refractivity contribution in [3.63, 3.8) is 0 Å². The second-order valence-electron chi connectivity index (χ2n) is 7.58. The number of aliphatic carboxylic acids is 1. The predicted octanol–water partition coefficient (Wildman–Crippen LogP) is -0.654. The standard InChI is InChI=1S/C19H36N4O6/c1-7-9(3)13(20)17(26)21-11(5)16(25)22-14(10(4)8-2)18(27)23-15(12(6)24)19(28)29/h9-15,24H,7-8,20H2,1-6H3,(H,21,26)(H,22,25)(H,23,27)(H,28,29). The van der Waals surface area contributed by atoms with Gasteiger partial charge in [0.1, 0.15) is 12.1 Å². The fourth-order valence-corrected chi connectivity index (χ4v) is 2.50. The first-order valence-corrected chi connectivity index (χ1v) is 9.94. The van der Waals surface area contributed by atoms with Crippen molar-refractivity contribution in [3.05, 3.63) is 0 Å². The lowest BCUT2D eigenvalue weighted by Gasteiger charge is -2.28. The van der Waals surface area contributed by atoms with Crippen LogP contribution in [0.4, 0.5) is 0 Å². The summed E-state index contributed by atoms with van der Waals surface area (Å²) in [5, 5.41) is 26.0. The highest BCUT2D eigenvalue weighted by atomic mass is 16.4. The number of carboxylic acid groups (broad SMARTS) is 1. The highest BCUT2D eigenvalue weighted by Gasteiger charge is 2.33. The Morgan fingerprint density at radius 3 is 1.69 bits per heavy atom. The molecule has 29 heavy (non-hydrogen) atoms. The molecule has 10 heteroatoms. The third-order valence-electron chi connectivity index (χ3n) is 5.15. The van der Waals surface area contributed by atoms with E-state index >= 15 is 0 Å². The molecule has 3 amide bonds. The summed E-state index contributed by atoms with van der Waals surface area (Å²) in [6.45, 7) is 9.99. The number of hydrogen-bond donors (Lipinski definition) is 6. The summed E-state index contributed by atoms with van der Waals surface area (Å²) in [4.78, 5) is 48.5. The van der Waals surface area contributed by atoms with Crippen LogP contribution in [0.1, 0.15) is 54.4 Å². The van der Waals surface area contributed by atoms with E-state index in [0.29, 0.717) is 12.8 Å². The minimum atomic E-state index is -1.50. The molecule has 0 aromatic carbocycles. The highest BCUT2D eigenvalue weighted by molar-refractivity contribution is 5.94. The molecule has 10 nitrogen and oxygen atoms in total. The third-order valence-corrected chi connectivity index (χ3v) is 5.15. The fraction of sp³-hybridized carbons (Fsp3) is 0.789. The Hall–Kier alpha value is -2.20. The molecule has 0 saturated carbocycles. The van der Waals surface area contributed by atoms with Crippen molar-refractivity contribution in [3.8, 4) is 0 Å². The number of nitrogens with one attached hydrogen (secondary N) is 3. The zero-order chi connectivity index (χ0) is 22.9. The average molecular weight is 417 g/mol. The van der Waals surface area contributed by atoms with Crippen LogP contribution < -0.4 is 21.7 Å². The number of carbonyl (C=O) groups is 4. The van der Waals surface area contributed by atoms with Gasteiger partial charge in [-0.25, -0.2) is 4.79 Å². The van der Waals surface area contributed by atoms with Crippen LogP contribution in [0.25, 0.3) is 0 Å². The number of carbonyl (C=O) groups excluding carboxylic acids is 3. The molecule has 0 aromatic heterocycles. The van der Waals surface area contributed by atoms with Crippen molar-refractivity contribution in [2.45, 2.75) is 84.7 Å². The Kier molecular flexibility index (Phi) is 11.4. The van der Waals surface area contributed by atoms with Gasteiger partial charge in [0.25, 0.3) is 0 Å². The number of amides is 3. The quantitative estimate of drug-likeness (QED) is 0.245. The third kappa shape index (κ3) is 8.36. The Morgan fingerprint density at radius 1 is 0.793 bits per heavy atom. The van der Waals surface area contributed by atoms with Gasteiger partial charge in [-0.2, -0.15) is 0 Å². The van der Waals surface area contributed by atoms with Crippen LogP contribution >= 0.6 is 0 Å². The second kappa shape index (κ2) is 12.4. The fourth-order valence-electron chi connectivity index (χ4n) is 2.50. The Balaban J connectivity index is 5.18. The van der Waals surface area contributed by atoms with Crippen LogP contribution in [-0.2, 0) is 19.2 Å². The number of aliphatic hydroxyl groups excluding tert-OH is 1. The van der Waals surface area contributed by atoms with E-state index in [4.69, 9.17) is 10.8 Å². The SMILES string of the molecule is CCC(C)C(N)C(=O)NC(C)C(=O)NC(C(=O)NC(C(=O)O)C(C)O)C(C)CC. The Morgan fingerprint density at radius 2 is 1.28 bits per heavy atom. The Bertz CT molecular complexity index is 583. The molecule has 0 rings (SSSR count). The minimum absolute atomic E-state index is 0.0580. The maximum absolute atomic E-state index is 12.6. The van der Waals surface area contributed by atoms with Gasteiger partial charge in [-0.15, -0.1) is 0 Å². The van der Waals surface area contributed by atoms with Crippen molar-refractivity contribution in [2.75, 3.05) is 0 Å². The van der Waals surface area contributed by atoms with Crippen LogP contribution in [0.3, 0.4) is 0 Å². The van der Waals surface area contributed by atoms with E-state index in [0.717, 1.165) is 0 Å². The van der Waals surface area contributed by atoms with Gasteiger partial charge < -0.3 is 31.9 Å². The van der Waals surface area contributed by atoms with Crippen molar-refractivity contribution in [1.29, 1.82) is 0 Å². The first-order valence-electron chi connectivity index (χ1n) is 9.94. The summed E-state index contributed by atoms with van der Waals surface area (Å²) in [5.74, 6) is -3.55. The highest BCUT2D eigenvalue weighted by Crippen LogP contribution is 2.10. The minimum Gasteiger partial charge on any atom is -0.480 e. The number of nitrogens with two attached hydrogens (primary N) is 1.